The van der Waals surface area contributed by atoms with Gasteiger partial charge in [0, 0.05) is 12.0 Å². The van der Waals surface area contributed by atoms with E-state index in [9.17, 15) is 4.79 Å². The summed E-state index contributed by atoms with van der Waals surface area (Å²) in [4.78, 5) is 11.2. The largest absolute Gasteiger partial charge is 0.350 e. The molecule has 0 spiro atoms. The van der Waals surface area contributed by atoms with Gasteiger partial charge in [0.25, 0.3) is 0 Å². The van der Waals surface area contributed by atoms with E-state index in [1.165, 1.54) is 5.57 Å². The van der Waals surface area contributed by atoms with Gasteiger partial charge in [-0.1, -0.05) is 18.6 Å². The molecule has 0 aromatic heterocycles. The number of hydrogen-bond donors (Lipinski definition) is 1. The predicted octanol–water partition coefficient (Wildman–Crippen LogP) is 1.48. The average molecular weight is 153 g/mol. The molecule has 1 heterocycles. The first-order valence-electron chi connectivity index (χ1n) is 4.07. The van der Waals surface area contributed by atoms with Crippen molar-refractivity contribution in [2.45, 2.75) is 33.2 Å². The van der Waals surface area contributed by atoms with Crippen LogP contribution in [0, 0.1) is 5.92 Å². The van der Waals surface area contributed by atoms with Crippen molar-refractivity contribution in [3.8, 4) is 0 Å². The fourth-order valence-corrected chi connectivity index (χ4v) is 1.48. The molecular formula is C9H15NO. The summed E-state index contributed by atoms with van der Waals surface area (Å²) in [5.41, 5.74) is 1.31. The van der Waals surface area contributed by atoms with Gasteiger partial charge >= 0.3 is 0 Å². The van der Waals surface area contributed by atoms with Crippen molar-refractivity contribution in [2.24, 2.45) is 5.92 Å². The summed E-state index contributed by atoms with van der Waals surface area (Å²) in [6.07, 6.45) is 3.01. The Hall–Kier alpha value is -0.790. The Morgan fingerprint density at radius 1 is 1.55 bits per heavy atom. The Morgan fingerprint density at radius 2 is 2.18 bits per heavy atom. The topological polar surface area (TPSA) is 29.1 Å². The summed E-state index contributed by atoms with van der Waals surface area (Å²) in [7, 11) is 0. The molecule has 0 aromatic carbocycles. The first kappa shape index (κ1) is 8.31. The van der Waals surface area contributed by atoms with Gasteiger partial charge in [0.05, 0.1) is 0 Å². The monoisotopic (exact) mass is 153 g/mol. The summed E-state index contributed by atoms with van der Waals surface area (Å²) < 4.78 is 0. The minimum absolute atomic E-state index is 0.135. The number of rotatable bonds is 0. The molecule has 0 saturated carbocycles. The van der Waals surface area contributed by atoms with Crippen molar-refractivity contribution >= 4 is 5.91 Å². The zero-order valence-electron chi connectivity index (χ0n) is 7.35. The van der Waals surface area contributed by atoms with E-state index in [0.717, 1.165) is 6.42 Å². The molecule has 0 radical (unpaired) electrons. The summed E-state index contributed by atoms with van der Waals surface area (Å²) in [5.74, 6) is 0.307. The molecule has 2 nitrogen and oxygen atoms in total. The van der Waals surface area contributed by atoms with Crippen LogP contribution in [0.25, 0.3) is 0 Å². The van der Waals surface area contributed by atoms with Crippen LogP contribution in [0.2, 0.25) is 0 Å². The van der Waals surface area contributed by atoms with Gasteiger partial charge in [-0.25, -0.2) is 0 Å². The zero-order valence-corrected chi connectivity index (χ0v) is 7.35. The van der Waals surface area contributed by atoms with Crippen LogP contribution in [-0.2, 0) is 4.79 Å². The second kappa shape index (κ2) is 3.07. The molecule has 2 atom stereocenters. The van der Waals surface area contributed by atoms with Crippen molar-refractivity contribution in [3.63, 3.8) is 0 Å². The van der Waals surface area contributed by atoms with Crippen LogP contribution in [0.1, 0.15) is 27.2 Å². The lowest BCUT2D eigenvalue weighted by Gasteiger charge is -2.09. The lowest BCUT2D eigenvalue weighted by molar-refractivity contribution is -0.124. The van der Waals surface area contributed by atoms with E-state index in [4.69, 9.17) is 0 Å². The number of carbonyl (C=O) groups is 1. The second-order valence-corrected chi connectivity index (χ2v) is 3.42. The Morgan fingerprint density at radius 3 is 2.82 bits per heavy atom. The van der Waals surface area contributed by atoms with E-state index in [1.807, 2.05) is 13.8 Å². The van der Waals surface area contributed by atoms with Crippen LogP contribution in [-0.4, -0.2) is 11.9 Å². The Bertz CT molecular complexity index is 196. The first-order chi connectivity index (χ1) is 5.09. The highest BCUT2D eigenvalue weighted by atomic mass is 16.1. The second-order valence-electron chi connectivity index (χ2n) is 3.42. The maximum atomic E-state index is 11.2. The summed E-state index contributed by atoms with van der Waals surface area (Å²) in [6, 6.07) is 0.201. The molecule has 2 heteroatoms. The van der Waals surface area contributed by atoms with Crippen LogP contribution in [0.5, 0.6) is 0 Å². The molecule has 2 unspecified atom stereocenters. The molecule has 11 heavy (non-hydrogen) atoms. The van der Waals surface area contributed by atoms with E-state index >= 15 is 0 Å². The minimum Gasteiger partial charge on any atom is -0.350 e. The predicted molar refractivity (Wildman–Crippen MR) is 45.1 cm³/mol. The average Bonchev–Trinajstić information content (AvgIpc) is 1.93. The van der Waals surface area contributed by atoms with Crippen LogP contribution in [0.4, 0.5) is 0 Å². The Balaban J connectivity index is 2.72. The highest BCUT2D eigenvalue weighted by Gasteiger charge is 2.18. The first-order valence-corrected chi connectivity index (χ1v) is 4.07. The molecule has 0 aliphatic carbocycles. The number of amides is 1. The lowest BCUT2D eigenvalue weighted by Crippen LogP contribution is -2.33. The van der Waals surface area contributed by atoms with Gasteiger partial charge in [0.2, 0.25) is 5.91 Å². The van der Waals surface area contributed by atoms with Gasteiger partial charge in [-0.15, -0.1) is 0 Å². The van der Waals surface area contributed by atoms with Crippen LogP contribution < -0.4 is 5.32 Å². The van der Waals surface area contributed by atoms with Gasteiger partial charge in [-0.05, 0) is 20.3 Å². The molecule has 1 aliphatic heterocycles. The fourth-order valence-electron chi connectivity index (χ4n) is 1.48. The van der Waals surface area contributed by atoms with E-state index in [2.05, 4.69) is 18.3 Å². The summed E-state index contributed by atoms with van der Waals surface area (Å²) >= 11 is 0. The summed E-state index contributed by atoms with van der Waals surface area (Å²) in [5, 5.41) is 2.91. The van der Waals surface area contributed by atoms with Crippen molar-refractivity contribution < 1.29 is 4.79 Å². The number of carbonyl (C=O) groups excluding carboxylic acids is 1. The van der Waals surface area contributed by atoms with Gasteiger partial charge < -0.3 is 5.32 Å². The maximum absolute atomic E-state index is 11.2. The SMILES string of the molecule is CC1=CC(C)NC(=O)C(C)C1. The molecule has 0 saturated heterocycles. The molecule has 0 fully saturated rings. The highest BCUT2D eigenvalue weighted by Crippen LogP contribution is 2.15. The Labute approximate surface area is 67.7 Å². The smallest absolute Gasteiger partial charge is 0.223 e. The molecule has 0 aromatic rings. The minimum atomic E-state index is 0.135. The zero-order chi connectivity index (χ0) is 8.43. The molecule has 62 valence electrons. The highest BCUT2D eigenvalue weighted by molar-refractivity contribution is 5.79. The molecule has 0 bridgehead atoms. The standard InChI is InChI=1S/C9H15NO/c1-6-4-7(2)9(11)10-8(3)5-6/h5,7-8H,4H2,1-3H3,(H,10,11). The molecule has 1 rings (SSSR count). The molecule has 1 aliphatic rings. The van der Waals surface area contributed by atoms with E-state index in [0.29, 0.717) is 0 Å². The molecule has 1 N–H and O–H groups in total. The third-order valence-corrected chi connectivity index (χ3v) is 1.98. The van der Waals surface area contributed by atoms with E-state index in [1.54, 1.807) is 0 Å². The quantitative estimate of drug-likeness (QED) is 0.525. The third-order valence-electron chi connectivity index (χ3n) is 1.98. The normalized spacial score (nSPS) is 32.3. The lowest BCUT2D eigenvalue weighted by atomic mass is 10.0. The van der Waals surface area contributed by atoms with Gasteiger partial charge in [0.15, 0.2) is 0 Å². The number of nitrogens with one attached hydrogen (secondary N) is 1. The molecule has 1 amide bonds. The van der Waals surface area contributed by atoms with Crippen molar-refractivity contribution in [1.29, 1.82) is 0 Å². The van der Waals surface area contributed by atoms with E-state index in [-0.39, 0.29) is 17.9 Å². The number of allylic oxidation sites excluding steroid dienone is 1. The van der Waals surface area contributed by atoms with Crippen LogP contribution >= 0.6 is 0 Å². The molecular weight excluding hydrogens is 138 g/mol. The van der Waals surface area contributed by atoms with Crippen LogP contribution in [0.15, 0.2) is 11.6 Å². The summed E-state index contributed by atoms with van der Waals surface area (Å²) in [6.45, 7) is 6.04. The number of hydrogen-bond acceptors (Lipinski definition) is 1. The van der Waals surface area contributed by atoms with Gasteiger partial charge in [-0.2, -0.15) is 0 Å². The van der Waals surface area contributed by atoms with Gasteiger partial charge in [0.1, 0.15) is 0 Å². The van der Waals surface area contributed by atoms with E-state index < -0.39 is 0 Å². The fraction of sp³-hybridized carbons (Fsp3) is 0.667. The maximum Gasteiger partial charge on any atom is 0.223 e. The third kappa shape index (κ3) is 2.07. The van der Waals surface area contributed by atoms with Crippen molar-refractivity contribution in [1.82, 2.24) is 5.32 Å². The van der Waals surface area contributed by atoms with Crippen molar-refractivity contribution in [2.75, 3.05) is 0 Å². The van der Waals surface area contributed by atoms with Gasteiger partial charge in [-0.3, -0.25) is 4.79 Å². The van der Waals surface area contributed by atoms with Crippen molar-refractivity contribution in [3.05, 3.63) is 11.6 Å². The Kier molecular flexibility index (Phi) is 2.32. The van der Waals surface area contributed by atoms with Crippen LogP contribution in [0.3, 0.4) is 0 Å².